The molecule has 0 aromatic heterocycles. The summed E-state index contributed by atoms with van der Waals surface area (Å²) in [6, 6.07) is 0. The Balaban J connectivity index is 0.000000243. The smallest absolute Gasteiger partial charge is 0.414 e. The van der Waals surface area contributed by atoms with E-state index < -0.39 is 40.0 Å². The second kappa shape index (κ2) is 21.6. The van der Waals surface area contributed by atoms with E-state index in [4.69, 9.17) is 33.4 Å². The molecule has 7 fully saturated rings. The summed E-state index contributed by atoms with van der Waals surface area (Å²) in [6.07, 6.45) is 9.18. The van der Waals surface area contributed by atoms with Crippen LogP contribution in [0.15, 0.2) is 10.3 Å². The maximum absolute atomic E-state index is 13.8. The topological polar surface area (TPSA) is 193 Å². The number of nitrogens with zero attached hydrogens (tertiary/aromatic N) is 3. The maximum atomic E-state index is 13.8. The second-order valence-electron chi connectivity index (χ2n) is 23.7. The fourth-order valence-electron chi connectivity index (χ4n) is 15.9. The highest BCUT2D eigenvalue weighted by Crippen LogP contribution is 2.69. The number of ether oxygens (including phenoxy) is 5. The summed E-state index contributed by atoms with van der Waals surface area (Å²) in [6.45, 7) is 21.0. The molecule has 0 aromatic carbocycles. The number of aliphatic hydroxyl groups excluding tert-OH is 1. The third kappa shape index (κ3) is 9.82. The van der Waals surface area contributed by atoms with Gasteiger partial charge in [0, 0.05) is 67.1 Å². The molecule has 0 aromatic rings. The van der Waals surface area contributed by atoms with Crippen molar-refractivity contribution in [1.82, 2.24) is 10.2 Å². The minimum absolute atomic E-state index is 0.00960. The van der Waals surface area contributed by atoms with Crippen LogP contribution in [0.5, 0.6) is 0 Å². The Morgan fingerprint density at radius 1 is 0.725 bits per heavy atom. The van der Waals surface area contributed by atoms with E-state index in [0.717, 1.165) is 51.5 Å². The van der Waals surface area contributed by atoms with Gasteiger partial charge in [-0.2, -0.15) is 0 Å². The lowest BCUT2D eigenvalue weighted by molar-refractivity contribution is -0.210. The quantitative estimate of drug-likeness (QED) is 0.110. The summed E-state index contributed by atoms with van der Waals surface area (Å²) in [5.41, 5.74) is -2.78. The van der Waals surface area contributed by atoms with E-state index in [0.29, 0.717) is 38.0 Å². The Kier molecular flexibility index (Phi) is 17.3. The van der Waals surface area contributed by atoms with Gasteiger partial charge in [0.25, 0.3) is 0 Å². The lowest BCUT2D eigenvalue weighted by atomic mass is 9.44. The van der Waals surface area contributed by atoms with E-state index >= 15 is 0 Å². The molecule has 6 saturated carbocycles. The van der Waals surface area contributed by atoms with E-state index in [1.54, 1.807) is 26.6 Å². The zero-order valence-corrected chi connectivity index (χ0v) is 44.5. The number of oxime groups is 2. The predicted molar refractivity (Wildman–Crippen MR) is 261 cm³/mol. The first kappa shape index (κ1) is 55.3. The van der Waals surface area contributed by atoms with Crippen LogP contribution < -0.4 is 5.32 Å². The third-order valence-electron chi connectivity index (χ3n) is 20.2. The molecule has 0 radical (unpaired) electrons. The minimum Gasteiger partial charge on any atom is -0.445 e. The number of hydrogen-bond acceptors (Lipinski definition) is 15. The van der Waals surface area contributed by atoms with Crippen LogP contribution in [0.25, 0.3) is 0 Å². The number of aliphatic hydroxyl groups is 1. The van der Waals surface area contributed by atoms with Crippen molar-refractivity contribution in [3.63, 3.8) is 0 Å². The van der Waals surface area contributed by atoms with Crippen LogP contribution in [0, 0.1) is 79.8 Å². The van der Waals surface area contributed by atoms with Gasteiger partial charge in [-0.3, -0.25) is 19.7 Å². The number of imide groups is 1. The molecule has 0 spiro atoms. The molecule has 1 aliphatic heterocycles. The average Bonchev–Trinajstić information content (AvgIpc) is 3.85. The fourth-order valence-corrected chi connectivity index (χ4v) is 15.9. The standard InChI is InChI=1S/C31H51N3O7.C22H37NO5/c1-19-11-14-34(6)16-22(19)27(36)33-28(37)41-24-15-29(4,17-32-39-8)26(40-18-38-7)21(3)31-12-9-20(2)30(24,5)25(31)23(35)10-13-31;1-14-7-9-22-10-8-16(24)18(22)21(14,4)17(25)11-20(3,12-23-27-6)19(15(22)2)28-13-26-5/h17,19-22,24-26H,9-16,18H2,1-8H3,(H,33,36,37);12,14-15,17-19,25H,7-11,13H2,1-6H3/t19-,20+,21-,22-,24+,25?,26-,29-,30-,31?;14-,15+,17-,18?,19+,20+,21+,22?/m01/s1. The molecule has 4 bridgehead atoms. The zero-order valence-electron chi connectivity index (χ0n) is 44.5. The first-order chi connectivity index (χ1) is 32.5. The van der Waals surface area contributed by atoms with Crippen LogP contribution in [0.1, 0.15) is 133 Å². The molecule has 7 rings (SSSR count). The van der Waals surface area contributed by atoms with Crippen LogP contribution in [-0.4, -0.2) is 133 Å². The highest BCUT2D eigenvalue weighted by atomic mass is 16.7. The molecule has 16 heteroatoms. The minimum atomic E-state index is -0.760. The Morgan fingerprint density at radius 3 is 1.70 bits per heavy atom. The fraction of sp³-hybridized carbons (Fsp3) is 0.887. The molecule has 6 aliphatic carbocycles. The average molecular weight is 973 g/mol. The SMILES string of the molecule is COCO[C@H]1[C@H](C)C23CCC(=O)C2[C@@](C)([C@H](C)CC3)[C@H](O)C[C@@]1(C)C=NOC.COCO[C@H]1[C@H](C)C23CCC(=O)C2[C@@](C)([C@H](C)CC3)[C@H](OC(=O)NC(=O)[C@H]2CN(C)CC[C@@H]2C)C[C@@]1(C)C=NOC. The number of Topliss-reactive ketones (excluding diaryl/α,β-unsaturated/α-hetero) is 2. The van der Waals surface area contributed by atoms with E-state index in [2.05, 4.69) is 75.9 Å². The highest BCUT2D eigenvalue weighted by molar-refractivity contribution is 5.93. The molecule has 16 nitrogen and oxygen atoms in total. The van der Waals surface area contributed by atoms with Gasteiger partial charge in [-0.25, -0.2) is 4.79 Å². The van der Waals surface area contributed by atoms with Crippen LogP contribution >= 0.6 is 0 Å². The first-order valence-corrected chi connectivity index (χ1v) is 25.8. The van der Waals surface area contributed by atoms with Crippen LogP contribution in [0.3, 0.4) is 0 Å². The van der Waals surface area contributed by atoms with Crippen LogP contribution in [0.4, 0.5) is 4.79 Å². The largest absolute Gasteiger partial charge is 0.445 e. The molecule has 69 heavy (non-hydrogen) atoms. The van der Waals surface area contributed by atoms with E-state index in [1.807, 2.05) is 14.0 Å². The van der Waals surface area contributed by atoms with Crippen LogP contribution in [-0.2, 0) is 47.7 Å². The van der Waals surface area contributed by atoms with E-state index in [-0.39, 0.29) is 95.7 Å². The lowest BCUT2D eigenvalue weighted by Gasteiger charge is -2.62. The zero-order chi connectivity index (χ0) is 50.9. The van der Waals surface area contributed by atoms with Gasteiger partial charge in [0.2, 0.25) is 5.91 Å². The maximum Gasteiger partial charge on any atom is 0.414 e. The summed E-state index contributed by atoms with van der Waals surface area (Å²) in [4.78, 5) is 65.9. The molecule has 4 unspecified atom stereocenters. The van der Waals surface area contributed by atoms with Gasteiger partial charge >= 0.3 is 6.09 Å². The summed E-state index contributed by atoms with van der Waals surface area (Å²) >= 11 is 0. The van der Waals surface area contributed by atoms with Gasteiger partial charge in [0.05, 0.1) is 36.7 Å². The summed E-state index contributed by atoms with van der Waals surface area (Å²) in [7, 11) is 8.21. The van der Waals surface area contributed by atoms with Gasteiger partial charge in [0.15, 0.2) is 0 Å². The number of carbonyl (C=O) groups excluding carboxylic acids is 4. The van der Waals surface area contributed by atoms with Gasteiger partial charge in [-0.15, -0.1) is 0 Å². The molecule has 2 amide bonds. The summed E-state index contributed by atoms with van der Waals surface area (Å²) < 4.78 is 29.5. The Morgan fingerprint density at radius 2 is 1.20 bits per heavy atom. The number of methoxy groups -OCH3 is 2. The third-order valence-corrected chi connectivity index (χ3v) is 20.2. The monoisotopic (exact) mass is 973 g/mol. The Hall–Kier alpha value is -3.02. The van der Waals surface area contributed by atoms with Gasteiger partial charge in [0.1, 0.15) is 45.5 Å². The van der Waals surface area contributed by atoms with Crippen molar-refractivity contribution in [2.45, 2.75) is 157 Å². The number of alkyl carbamates (subject to hydrolysis) is 1. The molecule has 1 heterocycles. The highest BCUT2D eigenvalue weighted by Gasteiger charge is 2.70. The van der Waals surface area contributed by atoms with Gasteiger partial charge < -0.3 is 43.4 Å². The summed E-state index contributed by atoms with van der Waals surface area (Å²) in [5.74, 6) is 0.256. The first-order valence-electron chi connectivity index (χ1n) is 25.8. The molecular formula is C53H88N4O12. The van der Waals surface area contributed by atoms with Crippen molar-refractivity contribution in [2.24, 2.45) is 90.1 Å². The normalized spacial score (nSPS) is 45.6. The number of ketones is 2. The van der Waals surface area contributed by atoms with Crippen molar-refractivity contribution >= 4 is 36.0 Å². The summed E-state index contributed by atoms with van der Waals surface area (Å²) in [5, 5.41) is 22.4. The van der Waals surface area contributed by atoms with Gasteiger partial charge in [-0.1, -0.05) is 72.6 Å². The number of nitrogens with one attached hydrogen (secondary N) is 1. The van der Waals surface area contributed by atoms with Gasteiger partial charge in [-0.05, 0) is 112 Å². The number of amides is 2. The molecule has 1 saturated heterocycles. The van der Waals surface area contributed by atoms with E-state index in [1.165, 1.54) is 14.2 Å². The van der Waals surface area contributed by atoms with Crippen molar-refractivity contribution in [1.29, 1.82) is 0 Å². The van der Waals surface area contributed by atoms with Crippen LogP contribution in [0.2, 0.25) is 0 Å². The number of likely N-dealkylation sites (tertiary alicyclic amines) is 1. The Bertz CT molecular complexity index is 1900. The van der Waals surface area contributed by atoms with Crippen molar-refractivity contribution in [3.05, 3.63) is 0 Å². The number of piperidine rings is 1. The Labute approximate surface area is 412 Å². The predicted octanol–water partition coefficient (Wildman–Crippen LogP) is 7.68. The molecular weight excluding hydrogens is 885 g/mol. The molecule has 392 valence electrons. The molecule has 2 N–H and O–H groups in total. The number of hydrogen-bond donors (Lipinski definition) is 2. The molecule has 7 aliphatic rings. The molecule has 18 atom stereocenters. The second-order valence-corrected chi connectivity index (χ2v) is 23.7. The number of rotatable bonds is 12. The number of carbonyl (C=O) groups is 4. The van der Waals surface area contributed by atoms with E-state index in [9.17, 15) is 24.3 Å². The van der Waals surface area contributed by atoms with Crippen molar-refractivity contribution < 1.29 is 57.6 Å². The van der Waals surface area contributed by atoms with Crippen molar-refractivity contribution in [2.75, 3.05) is 62.2 Å². The van der Waals surface area contributed by atoms with Crippen molar-refractivity contribution in [3.8, 4) is 0 Å². The lowest BCUT2D eigenvalue weighted by Crippen LogP contribution is -2.64.